The Morgan fingerprint density at radius 2 is 1.85 bits per heavy atom. The van der Waals surface area contributed by atoms with Gasteiger partial charge in [0.2, 0.25) is 0 Å². The standard InChI is InChI=1S/C14H10BrFO4/c1-19-13-6-10(14(17)18)12(7-11(13)16)20-9-4-2-8(15)3-5-9/h2-7H,1H3,(H,17,18). The van der Waals surface area contributed by atoms with Crippen LogP contribution in [0.5, 0.6) is 17.2 Å². The first-order chi connectivity index (χ1) is 9.51. The second kappa shape index (κ2) is 5.92. The molecule has 0 aromatic heterocycles. The molecule has 6 heteroatoms. The third kappa shape index (κ3) is 3.08. The Morgan fingerprint density at radius 3 is 2.40 bits per heavy atom. The Labute approximate surface area is 122 Å². The molecule has 104 valence electrons. The molecule has 0 fully saturated rings. The van der Waals surface area contributed by atoms with Crippen molar-refractivity contribution in [3.63, 3.8) is 0 Å². The number of carboxylic acids is 1. The summed E-state index contributed by atoms with van der Waals surface area (Å²) in [4.78, 5) is 11.2. The maximum Gasteiger partial charge on any atom is 0.339 e. The average Bonchev–Trinajstić information content (AvgIpc) is 2.41. The molecule has 0 radical (unpaired) electrons. The molecule has 0 bridgehead atoms. The van der Waals surface area contributed by atoms with Gasteiger partial charge < -0.3 is 14.6 Å². The number of carbonyl (C=O) groups is 1. The lowest BCUT2D eigenvalue weighted by atomic mass is 10.2. The van der Waals surface area contributed by atoms with Crippen LogP contribution < -0.4 is 9.47 Å². The van der Waals surface area contributed by atoms with Gasteiger partial charge in [-0.3, -0.25) is 0 Å². The van der Waals surface area contributed by atoms with Gasteiger partial charge in [0.05, 0.1) is 7.11 Å². The molecule has 2 aromatic rings. The summed E-state index contributed by atoms with van der Waals surface area (Å²) in [7, 11) is 1.26. The van der Waals surface area contributed by atoms with E-state index >= 15 is 0 Å². The maximum atomic E-state index is 13.7. The SMILES string of the molecule is COc1cc(C(=O)O)c(Oc2ccc(Br)cc2)cc1F. The second-order valence-electron chi connectivity index (χ2n) is 3.84. The summed E-state index contributed by atoms with van der Waals surface area (Å²) < 4.78 is 24.7. The predicted octanol–water partition coefficient (Wildman–Crippen LogP) is 4.09. The van der Waals surface area contributed by atoms with Gasteiger partial charge >= 0.3 is 5.97 Å². The van der Waals surface area contributed by atoms with Crippen LogP contribution in [0.2, 0.25) is 0 Å². The number of ether oxygens (including phenoxy) is 2. The topological polar surface area (TPSA) is 55.8 Å². The summed E-state index contributed by atoms with van der Waals surface area (Å²) in [6.07, 6.45) is 0. The Kier molecular flexibility index (Phi) is 4.24. The maximum absolute atomic E-state index is 13.7. The van der Waals surface area contributed by atoms with Crippen LogP contribution in [0.25, 0.3) is 0 Å². The average molecular weight is 341 g/mol. The molecule has 0 amide bonds. The molecule has 0 atom stereocenters. The van der Waals surface area contributed by atoms with Gasteiger partial charge in [0.1, 0.15) is 17.1 Å². The Hall–Kier alpha value is -2.08. The van der Waals surface area contributed by atoms with E-state index in [0.717, 1.165) is 16.6 Å². The predicted molar refractivity (Wildman–Crippen MR) is 74.1 cm³/mol. The van der Waals surface area contributed by atoms with E-state index in [4.69, 9.17) is 14.6 Å². The normalized spacial score (nSPS) is 10.2. The summed E-state index contributed by atoms with van der Waals surface area (Å²) in [5.41, 5.74) is -0.175. The van der Waals surface area contributed by atoms with Gasteiger partial charge in [-0.05, 0) is 24.3 Å². The van der Waals surface area contributed by atoms with Crippen molar-refractivity contribution in [1.82, 2.24) is 0 Å². The smallest absolute Gasteiger partial charge is 0.339 e. The van der Waals surface area contributed by atoms with E-state index in [1.165, 1.54) is 7.11 Å². The number of carboxylic acid groups (broad SMARTS) is 1. The van der Waals surface area contributed by atoms with Crippen molar-refractivity contribution in [3.8, 4) is 17.2 Å². The highest BCUT2D eigenvalue weighted by Crippen LogP contribution is 2.31. The molecule has 0 saturated carbocycles. The highest BCUT2D eigenvalue weighted by molar-refractivity contribution is 9.10. The quantitative estimate of drug-likeness (QED) is 0.910. The summed E-state index contributed by atoms with van der Waals surface area (Å²) in [6, 6.07) is 8.82. The molecule has 0 saturated heterocycles. The Balaban J connectivity index is 2.42. The van der Waals surface area contributed by atoms with Crippen LogP contribution in [-0.2, 0) is 0 Å². The zero-order valence-electron chi connectivity index (χ0n) is 10.4. The zero-order valence-corrected chi connectivity index (χ0v) is 12.0. The number of benzene rings is 2. The molecular formula is C14H10BrFO4. The van der Waals surface area contributed by atoms with Crippen molar-refractivity contribution in [2.75, 3.05) is 7.11 Å². The molecule has 1 N–H and O–H groups in total. The largest absolute Gasteiger partial charge is 0.494 e. The van der Waals surface area contributed by atoms with Gasteiger partial charge in [0.25, 0.3) is 0 Å². The first-order valence-electron chi connectivity index (χ1n) is 5.55. The van der Waals surface area contributed by atoms with Gasteiger partial charge in [-0.15, -0.1) is 0 Å². The first kappa shape index (κ1) is 14.3. The molecule has 2 aromatic carbocycles. The molecule has 0 aliphatic rings. The van der Waals surface area contributed by atoms with Crippen molar-refractivity contribution in [2.45, 2.75) is 0 Å². The van der Waals surface area contributed by atoms with E-state index in [0.29, 0.717) is 5.75 Å². The first-order valence-corrected chi connectivity index (χ1v) is 6.35. The molecule has 0 heterocycles. The highest BCUT2D eigenvalue weighted by atomic mass is 79.9. The molecule has 0 aliphatic carbocycles. The molecule has 0 aliphatic heterocycles. The van der Waals surface area contributed by atoms with Crippen LogP contribution in [0.4, 0.5) is 4.39 Å². The monoisotopic (exact) mass is 340 g/mol. The second-order valence-corrected chi connectivity index (χ2v) is 4.76. The fraction of sp³-hybridized carbons (Fsp3) is 0.0714. The number of hydrogen-bond donors (Lipinski definition) is 1. The van der Waals surface area contributed by atoms with Crippen LogP contribution >= 0.6 is 15.9 Å². The lowest BCUT2D eigenvalue weighted by molar-refractivity contribution is 0.0693. The van der Waals surface area contributed by atoms with E-state index in [9.17, 15) is 9.18 Å². The van der Waals surface area contributed by atoms with Crippen molar-refractivity contribution in [3.05, 3.63) is 52.3 Å². The molecular weight excluding hydrogens is 331 g/mol. The van der Waals surface area contributed by atoms with Crippen molar-refractivity contribution >= 4 is 21.9 Å². The van der Waals surface area contributed by atoms with Crippen LogP contribution in [0.1, 0.15) is 10.4 Å². The van der Waals surface area contributed by atoms with Gasteiger partial charge in [0.15, 0.2) is 11.6 Å². The van der Waals surface area contributed by atoms with Crippen molar-refractivity contribution in [1.29, 1.82) is 0 Å². The third-order valence-electron chi connectivity index (χ3n) is 2.53. The van der Waals surface area contributed by atoms with Crippen molar-refractivity contribution in [2.24, 2.45) is 0 Å². The molecule has 0 unspecified atom stereocenters. The fourth-order valence-corrected chi connectivity index (χ4v) is 1.84. The number of halogens is 2. The summed E-state index contributed by atoms with van der Waals surface area (Å²) in [5, 5.41) is 9.13. The number of rotatable bonds is 4. The molecule has 0 spiro atoms. The number of aromatic carboxylic acids is 1. The highest BCUT2D eigenvalue weighted by Gasteiger charge is 2.17. The van der Waals surface area contributed by atoms with Gasteiger partial charge in [-0.1, -0.05) is 15.9 Å². The molecule has 2 rings (SSSR count). The van der Waals surface area contributed by atoms with Gasteiger partial charge in [0, 0.05) is 16.6 Å². The third-order valence-corrected chi connectivity index (χ3v) is 3.05. The van der Waals surface area contributed by atoms with E-state index in [2.05, 4.69) is 15.9 Å². The lowest BCUT2D eigenvalue weighted by Crippen LogP contribution is -2.02. The van der Waals surface area contributed by atoms with Crippen molar-refractivity contribution < 1.29 is 23.8 Å². The summed E-state index contributed by atoms with van der Waals surface area (Å²) in [6.45, 7) is 0. The Morgan fingerprint density at radius 1 is 1.20 bits per heavy atom. The lowest BCUT2D eigenvalue weighted by Gasteiger charge is -2.11. The van der Waals surface area contributed by atoms with Gasteiger partial charge in [-0.25, -0.2) is 9.18 Å². The zero-order chi connectivity index (χ0) is 14.7. The minimum Gasteiger partial charge on any atom is -0.494 e. The number of hydrogen-bond acceptors (Lipinski definition) is 3. The molecule has 4 nitrogen and oxygen atoms in total. The minimum atomic E-state index is -1.23. The van der Waals surface area contributed by atoms with E-state index in [-0.39, 0.29) is 17.1 Å². The molecule has 20 heavy (non-hydrogen) atoms. The van der Waals surface area contributed by atoms with Gasteiger partial charge in [-0.2, -0.15) is 0 Å². The van der Waals surface area contributed by atoms with Crippen LogP contribution in [0, 0.1) is 5.82 Å². The van der Waals surface area contributed by atoms with E-state index in [1.54, 1.807) is 24.3 Å². The summed E-state index contributed by atoms with van der Waals surface area (Å²) >= 11 is 3.27. The van der Waals surface area contributed by atoms with Crippen LogP contribution in [0.15, 0.2) is 40.9 Å². The fourth-order valence-electron chi connectivity index (χ4n) is 1.57. The van der Waals surface area contributed by atoms with E-state index in [1.807, 2.05) is 0 Å². The van der Waals surface area contributed by atoms with Crippen LogP contribution in [-0.4, -0.2) is 18.2 Å². The van der Waals surface area contributed by atoms with E-state index < -0.39 is 11.8 Å². The Bertz CT molecular complexity index is 640. The summed E-state index contributed by atoms with van der Waals surface area (Å²) in [5.74, 6) is -1.75. The number of methoxy groups -OCH3 is 1. The minimum absolute atomic E-state index is 0.0851. The van der Waals surface area contributed by atoms with Crippen LogP contribution in [0.3, 0.4) is 0 Å².